The quantitative estimate of drug-likeness (QED) is 0.750. The molecule has 0 aliphatic heterocycles. The average Bonchev–Trinajstić information content (AvgIpc) is 2.96. The van der Waals surface area contributed by atoms with E-state index in [2.05, 4.69) is 5.32 Å². The number of esters is 1. The van der Waals surface area contributed by atoms with Crippen molar-refractivity contribution in [2.75, 3.05) is 33.9 Å². The first-order chi connectivity index (χ1) is 12.4. The van der Waals surface area contributed by atoms with E-state index in [1.807, 2.05) is 6.92 Å². The van der Waals surface area contributed by atoms with E-state index in [0.29, 0.717) is 23.5 Å². The molecule has 140 valence electrons. The van der Waals surface area contributed by atoms with Crippen molar-refractivity contribution in [2.24, 2.45) is 0 Å². The summed E-state index contributed by atoms with van der Waals surface area (Å²) in [5.74, 6) is -0.830. The number of rotatable bonds is 7. The summed E-state index contributed by atoms with van der Waals surface area (Å²) in [4.78, 5) is 36.6. The number of hydrogen-bond donors (Lipinski definition) is 1. The number of nitrogens with zero attached hydrogens (tertiary/aromatic N) is 1. The highest BCUT2D eigenvalue weighted by Crippen LogP contribution is 2.29. The Kier molecular flexibility index (Phi) is 6.21. The van der Waals surface area contributed by atoms with E-state index in [0.717, 1.165) is 5.39 Å². The summed E-state index contributed by atoms with van der Waals surface area (Å²) in [5, 5.41) is 3.15. The van der Waals surface area contributed by atoms with Gasteiger partial charge in [-0.15, -0.1) is 0 Å². The molecule has 0 atom stereocenters. The highest BCUT2D eigenvalue weighted by molar-refractivity contribution is 5.97. The van der Waals surface area contributed by atoms with Gasteiger partial charge in [-0.05, 0) is 32.0 Å². The number of furan rings is 1. The van der Waals surface area contributed by atoms with Crippen molar-refractivity contribution in [3.05, 3.63) is 29.5 Å². The third-order valence-corrected chi connectivity index (χ3v) is 3.82. The maximum Gasteiger partial charge on any atom is 0.375 e. The Morgan fingerprint density at radius 1 is 1.27 bits per heavy atom. The molecule has 1 aromatic heterocycles. The fraction of sp³-hybridized carbons (Fsp3) is 0.389. The fourth-order valence-corrected chi connectivity index (χ4v) is 2.34. The Morgan fingerprint density at radius 2 is 2.00 bits per heavy atom. The van der Waals surface area contributed by atoms with Crippen LogP contribution in [-0.2, 0) is 14.3 Å². The highest BCUT2D eigenvalue weighted by Gasteiger charge is 2.21. The van der Waals surface area contributed by atoms with Crippen LogP contribution in [0, 0.1) is 6.92 Å². The number of amides is 2. The smallest absolute Gasteiger partial charge is 0.375 e. The average molecular weight is 362 g/mol. The van der Waals surface area contributed by atoms with Gasteiger partial charge < -0.3 is 24.1 Å². The molecule has 8 nitrogen and oxygen atoms in total. The van der Waals surface area contributed by atoms with Crippen LogP contribution in [0.25, 0.3) is 11.0 Å². The Labute approximate surface area is 151 Å². The molecule has 0 unspecified atom stereocenters. The first-order valence-corrected chi connectivity index (χ1v) is 8.15. The van der Waals surface area contributed by atoms with Crippen LogP contribution in [0.4, 0.5) is 0 Å². The number of aryl methyl sites for hydroxylation is 1. The Morgan fingerprint density at radius 3 is 2.65 bits per heavy atom. The minimum absolute atomic E-state index is 0.0374. The lowest BCUT2D eigenvalue weighted by Crippen LogP contribution is -2.39. The highest BCUT2D eigenvalue weighted by atomic mass is 16.5. The number of carbonyl (C=O) groups excluding carboxylic acids is 3. The third kappa shape index (κ3) is 4.33. The number of likely N-dealkylation sites (N-methyl/N-ethyl adjacent to an activating group) is 2. The molecule has 2 rings (SSSR count). The zero-order valence-corrected chi connectivity index (χ0v) is 15.3. The molecule has 26 heavy (non-hydrogen) atoms. The lowest BCUT2D eigenvalue weighted by molar-refractivity contribution is -0.137. The Hall–Kier alpha value is -3.03. The topological polar surface area (TPSA) is 98.1 Å². The molecule has 0 aliphatic rings. The molecule has 0 radical (unpaired) electrons. The van der Waals surface area contributed by atoms with E-state index < -0.39 is 18.5 Å². The SMILES string of the molecule is CCOc1ccc2oc(C(=O)OCC(=O)N(C)CC(=O)NC)c(C)c2c1. The van der Waals surface area contributed by atoms with Gasteiger partial charge in [-0.3, -0.25) is 9.59 Å². The largest absolute Gasteiger partial charge is 0.494 e. The van der Waals surface area contributed by atoms with E-state index in [1.54, 1.807) is 25.1 Å². The second-order valence-corrected chi connectivity index (χ2v) is 5.65. The second kappa shape index (κ2) is 8.37. The Bertz CT molecular complexity index is 826. The molecule has 0 bridgehead atoms. The number of benzene rings is 1. The molecular weight excluding hydrogens is 340 g/mol. The van der Waals surface area contributed by atoms with Gasteiger partial charge in [0.25, 0.3) is 5.91 Å². The van der Waals surface area contributed by atoms with Gasteiger partial charge in [0.05, 0.1) is 13.2 Å². The maximum absolute atomic E-state index is 12.3. The van der Waals surface area contributed by atoms with Crippen molar-refractivity contribution in [3.63, 3.8) is 0 Å². The summed E-state index contributed by atoms with van der Waals surface area (Å²) in [6.07, 6.45) is 0. The number of carbonyl (C=O) groups is 3. The summed E-state index contributed by atoms with van der Waals surface area (Å²) < 4.78 is 16.0. The summed E-state index contributed by atoms with van der Waals surface area (Å²) >= 11 is 0. The molecule has 1 N–H and O–H groups in total. The number of fused-ring (bicyclic) bond motifs is 1. The first kappa shape index (κ1) is 19.3. The van der Waals surface area contributed by atoms with Crippen molar-refractivity contribution in [1.29, 1.82) is 0 Å². The van der Waals surface area contributed by atoms with Crippen LogP contribution in [-0.4, -0.2) is 56.5 Å². The number of ether oxygens (including phenoxy) is 2. The molecule has 0 aliphatic carbocycles. The zero-order chi connectivity index (χ0) is 19.3. The first-order valence-electron chi connectivity index (χ1n) is 8.15. The minimum Gasteiger partial charge on any atom is -0.494 e. The molecule has 8 heteroatoms. The van der Waals surface area contributed by atoms with Crippen molar-refractivity contribution in [2.45, 2.75) is 13.8 Å². The van der Waals surface area contributed by atoms with Crippen LogP contribution in [0.3, 0.4) is 0 Å². The van der Waals surface area contributed by atoms with Crippen molar-refractivity contribution in [3.8, 4) is 5.75 Å². The summed E-state index contributed by atoms with van der Waals surface area (Å²) in [6.45, 7) is 3.55. The molecule has 2 aromatic rings. The van der Waals surface area contributed by atoms with Gasteiger partial charge in [0, 0.05) is 25.0 Å². The van der Waals surface area contributed by atoms with E-state index in [-0.39, 0.29) is 18.2 Å². The molecule has 1 aromatic carbocycles. The third-order valence-electron chi connectivity index (χ3n) is 3.82. The van der Waals surface area contributed by atoms with Crippen LogP contribution < -0.4 is 10.1 Å². The molecule has 0 saturated heterocycles. The molecule has 0 saturated carbocycles. The van der Waals surface area contributed by atoms with E-state index in [1.165, 1.54) is 19.0 Å². The molecule has 2 amide bonds. The van der Waals surface area contributed by atoms with Crippen LogP contribution in [0.2, 0.25) is 0 Å². The molecular formula is C18H22N2O6. The van der Waals surface area contributed by atoms with E-state index in [4.69, 9.17) is 13.9 Å². The summed E-state index contributed by atoms with van der Waals surface area (Å²) in [6, 6.07) is 5.25. The number of hydrogen-bond acceptors (Lipinski definition) is 6. The van der Waals surface area contributed by atoms with E-state index in [9.17, 15) is 14.4 Å². The Balaban J connectivity index is 2.06. The second-order valence-electron chi connectivity index (χ2n) is 5.65. The predicted molar refractivity (Wildman–Crippen MR) is 94.1 cm³/mol. The van der Waals surface area contributed by atoms with Gasteiger partial charge in [-0.2, -0.15) is 0 Å². The lowest BCUT2D eigenvalue weighted by Gasteiger charge is -2.15. The lowest BCUT2D eigenvalue weighted by atomic mass is 10.1. The van der Waals surface area contributed by atoms with Gasteiger partial charge in [0.2, 0.25) is 11.7 Å². The van der Waals surface area contributed by atoms with Gasteiger partial charge in [-0.1, -0.05) is 0 Å². The molecule has 0 fully saturated rings. The monoisotopic (exact) mass is 362 g/mol. The standard InChI is InChI=1S/C18H22N2O6/c1-5-24-12-6-7-14-13(8-12)11(2)17(26-14)18(23)25-10-16(22)20(4)9-15(21)19-3/h6-8H,5,9-10H2,1-4H3,(H,19,21). The van der Waals surface area contributed by atoms with Crippen LogP contribution in [0.15, 0.2) is 22.6 Å². The summed E-state index contributed by atoms with van der Waals surface area (Å²) in [5.41, 5.74) is 1.14. The number of nitrogens with one attached hydrogen (secondary N) is 1. The molecule has 1 heterocycles. The zero-order valence-electron chi connectivity index (χ0n) is 15.3. The molecule has 0 spiro atoms. The van der Waals surface area contributed by atoms with Crippen molar-refractivity contribution in [1.82, 2.24) is 10.2 Å². The predicted octanol–water partition coefficient (Wildman–Crippen LogP) is 1.50. The minimum atomic E-state index is -0.738. The maximum atomic E-state index is 12.3. The van der Waals surface area contributed by atoms with Crippen LogP contribution in [0.1, 0.15) is 23.0 Å². The summed E-state index contributed by atoms with van der Waals surface area (Å²) in [7, 11) is 2.93. The van der Waals surface area contributed by atoms with Crippen molar-refractivity contribution < 1.29 is 28.3 Å². The van der Waals surface area contributed by atoms with Gasteiger partial charge in [0.1, 0.15) is 11.3 Å². The van der Waals surface area contributed by atoms with Gasteiger partial charge in [-0.25, -0.2) is 4.79 Å². The van der Waals surface area contributed by atoms with Crippen LogP contribution >= 0.6 is 0 Å². The van der Waals surface area contributed by atoms with Crippen molar-refractivity contribution >= 4 is 28.8 Å². The fourth-order valence-electron chi connectivity index (χ4n) is 2.34. The normalized spacial score (nSPS) is 10.5. The van der Waals surface area contributed by atoms with Crippen LogP contribution in [0.5, 0.6) is 5.75 Å². The van der Waals surface area contributed by atoms with Gasteiger partial charge in [0.15, 0.2) is 6.61 Å². The van der Waals surface area contributed by atoms with Gasteiger partial charge >= 0.3 is 5.97 Å². The van der Waals surface area contributed by atoms with E-state index >= 15 is 0 Å².